The number of anilines is 1. The van der Waals surface area contributed by atoms with Crippen molar-refractivity contribution in [2.75, 3.05) is 31.6 Å². The van der Waals surface area contributed by atoms with Crippen LogP contribution in [0.1, 0.15) is 21.5 Å². The van der Waals surface area contributed by atoms with Gasteiger partial charge < -0.3 is 10.1 Å². The van der Waals surface area contributed by atoms with E-state index in [2.05, 4.69) is 15.3 Å². The van der Waals surface area contributed by atoms with Crippen LogP contribution in [0.2, 0.25) is 0 Å². The maximum absolute atomic E-state index is 12.9. The monoisotopic (exact) mass is 443 g/mol. The van der Waals surface area contributed by atoms with Crippen LogP contribution < -0.4 is 11.0 Å². The van der Waals surface area contributed by atoms with E-state index in [1.165, 1.54) is 9.08 Å². The minimum absolute atomic E-state index is 0.166. The van der Waals surface area contributed by atoms with Crippen molar-refractivity contribution in [3.05, 3.63) is 100 Å². The lowest BCUT2D eigenvalue weighted by Gasteiger charge is -2.26. The predicted octanol–water partition coefficient (Wildman–Crippen LogP) is 2.63. The molecule has 4 aromatic rings. The molecule has 0 atom stereocenters. The number of carbonyl (C=O) groups is 1. The summed E-state index contributed by atoms with van der Waals surface area (Å²) in [5, 5.41) is 7.34. The molecular weight excluding hydrogens is 418 g/mol. The first kappa shape index (κ1) is 21.1. The molecule has 5 rings (SSSR count). The molecule has 1 aliphatic heterocycles. The number of hydrogen-bond acceptors (Lipinski definition) is 5. The summed E-state index contributed by atoms with van der Waals surface area (Å²) in [6.07, 6.45) is 1.70. The summed E-state index contributed by atoms with van der Waals surface area (Å²) in [5.41, 5.74) is 3.67. The van der Waals surface area contributed by atoms with Gasteiger partial charge in [-0.1, -0.05) is 30.3 Å². The van der Waals surface area contributed by atoms with Crippen LogP contribution >= 0.6 is 0 Å². The maximum atomic E-state index is 12.9. The van der Waals surface area contributed by atoms with Crippen molar-refractivity contribution in [1.82, 2.24) is 19.1 Å². The van der Waals surface area contributed by atoms with Crippen molar-refractivity contribution in [1.29, 1.82) is 0 Å². The van der Waals surface area contributed by atoms with Crippen LogP contribution in [-0.2, 0) is 17.8 Å². The van der Waals surface area contributed by atoms with Crippen molar-refractivity contribution < 1.29 is 9.53 Å². The highest BCUT2D eigenvalue weighted by molar-refractivity contribution is 6.04. The van der Waals surface area contributed by atoms with Crippen molar-refractivity contribution in [3.63, 3.8) is 0 Å². The Bertz CT molecular complexity index is 1340. The van der Waals surface area contributed by atoms with Gasteiger partial charge >= 0.3 is 5.69 Å². The van der Waals surface area contributed by atoms with Crippen LogP contribution in [0.3, 0.4) is 0 Å². The quantitative estimate of drug-likeness (QED) is 0.496. The number of fused-ring (bicyclic) bond motifs is 1. The Labute approximate surface area is 191 Å². The van der Waals surface area contributed by atoms with Gasteiger partial charge in [0.2, 0.25) is 0 Å². The molecule has 8 heteroatoms. The summed E-state index contributed by atoms with van der Waals surface area (Å²) in [6, 6.07) is 20.6. The van der Waals surface area contributed by atoms with Gasteiger partial charge in [-0.05, 0) is 47.5 Å². The predicted molar refractivity (Wildman–Crippen MR) is 125 cm³/mol. The third-order valence-corrected chi connectivity index (χ3v) is 5.70. The van der Waals surface area contributed by atoms with E-state index in [4.69, 9.17) is 4.74 Å². The molecule has 0 unspecified atom stereocenters. The summed E-state index contributed by atoms with van der Waals surface area (Å²) in [5.74, 6) is -0.166. The number of rotatable bonds is 6. The molecule has 2 aromatic carbocycles. The zero-order chi connectivity index (χ0) is 22.6. The minimum atomic E-state index is -0.197. The normalized spacial score (nSPS) is 14.4. The fourth-order valence-electron chi connectivity index (χ4n) is 4.02. The molecule has 1 fully saturated rings. The highest BCUT2D eigenvalue weighted by Gasteiger charge is 2.13. The second kappa shape index (κ2) is 9.40. The lowest BCUT2D eigenvalue weighted by molar-refractivity contribution is 0.0342. The zero-order valence-corrected chi connectivity index (χ0v) is 18.2. The number of amides is 1. The molecule has 0 saturated carbocycles. The standard InChI is InChI=1S/C25H25N5O3/c31-24(21-7-3-5-19(15-21)17-28-11-13-33-14-12-28)26-22-8-4-6-20(16-22)18-30-25(32)29-10-2-1-9-23(29)27-30/h1-10,15-16H,11-14,17-18H2,(H,26,31). The Morgan fingerprint density at radius 1 is 0.939 bits per heavy atom. The third-order valence-electron chi connectivity index (χ3n) is 5.70. The molecule has 168 valence electrons. The highest BCUT2D eigenvalue weighted by atomic mass is 16.5. The van der Waals surface area contributed by atoms with Crippen molar-refractivity contribution >= 4 is 17.2 Å². The number of ether oxygens (including phenoxy) is 1. The van der Waals surface area contributed by atoms with Gasteiger partial charge in [0.15, 0.2) is 5.65 Å². The number of aromatic nitrogens is 3. The molecule has 0 spiro atoms. The average molecular weight is 444 g/mol. The lowest BCUT2D eigenvalue weighted by Crippen LogP contribution is -2.35. The second-order valence-corrected chi connectivity index (χ2v) is 8.11. The van der Waals surface area contributed by atoms with Crippen LogP contribution in [-0.4, -0.2) is 51.3 Å². The molecule has 0 bridgehead atoms. The summed E-state index contributed by atoms with van der Waals surface area (Å²) in [6.45, 7) is 4.42. The first-order chi connectivity index (χ1) is 16.2. The van der Waals surface area contributed by atoms with Gasteiger partial charge in [0, 0.05) is 37.1 Å². The van der Waals surface area contributed by atoms with E-state index >= 15 is 0 Å². The lowest BCUT2D eigenvalue weighted by atomic mass is 10.1. The summed E-state index contributed by atoms with van der Waals surface area (Å²) in [7, 11) is 0. The van der Waals surface area contributed by atoms with Crippen LogP contribution in [0.5, 0.6) is 0 Å². The molecular formula is C25H25N5O3. The Hall–Kier alpha value is -3.75. The molecule has 0 radical (unpaired) electrons. The molecule has 8 nitrogen and oxygen atoms in total. The number of benzene rings is 2. The first-order valence-electron chi connectivity index (χ1n) is 11.0. The number of nitrogens with zero attached hydrogens (tertiary/aromatic N) is 4. The molecule has 1 amide bonds. The van der Waals surface area contributed by atoms with Crippen molar-refractivity contribution in [2.24, 2.45) is 0 Å². The molecule has 0 aliphatic carbocycles. The Morgan fingerprint density at radius 3 is 2.55 bits per heavy atom. The van der Waals surface area contributed by atoms with Gasteiger partial charge in [-0.25, -0.2) is 9.48 Å². The van der Waals surface area contributed by atoms with E-state index in [1.807, 2.05) is 54.6 Å². The second-order valence-electron chi connectivity index (χ2n) is 8.11. The minimum Gasteiger partial charge on any atom is -0.379 e. The number of hydrogen-bond donors (Lipinski definition) is 1. The Kier molecular flexibility index (Phi) is 6.01. The smallest absolute Gasteiger partial charge is 0.350 e. The van der Waals surface area contributed by atoms with Gasteiger partial charge in [-0.15, -0.1) is 5.10 Å². The highest BCUT2D eigenvalue weighted by Crippen LogP contribution is 2.15. The average Bonchev–Trinajstić information content (AvgIpc) is 3.15. The third kappa shape index (κ3) is 4.87. The van der Waals surface area contributed by atoms with Crippen LogP contribution in [0.15, 0.2) is 77.7 Å². The van der Waals surface area contributed by atoms with E-state index in [1.54, 1.807) is 18.3 Å². The largest absolute Gasteiger partial charge is 0.379 e. The summed E-state index contributed by atoms with van der Waals surface area (Å²) >= 11 is 0. The molecule has 3 heterocycles. The topological polar surface area (TPSA) is 80.9 Å². The zero-order valence-electron chi connectivity index (χ0n) is 18.2. The molecule has 1 N–H and O–H groups in total. The van der Waals surface area contributed by atoms with E-state index in [-0.39, 0.29) is 11.6 Å². The van der Waals surface area contributed by atoms with Gasteiger partial charge in [0.1, 0.15) is 0 Å². The molecule has 1 saturated heterocycles. The summed E-state index contributed by atoms with van der Waals surface area (Å²) in [4.78, 5) is 27.7. The van der Waals surface area contributed by atoms with Crippen molar-refractivity contribution in [3.8, 4) is 0 Å². The maximum Gasteiger partial charge on any atom is 0.350 e. The Morgan fingerprint density at radius 2 is 1.73 bits per heavy atom. The van der Waals surface area contributed by atoms with Crippen LogP contribution in [0.4, 0.5) is 5.69 Å². The molecule has 1 aliphatic rings. The number of carbonyl (C=O) groups excluding carboxylic acids is 1. The van der Waals surface area contributed by atoms with Crippen molar-refractivity contribution in [2.45, 2.75) is 13.1 Å². The fraction of sp³-hybridized carbons (Fsp3) is 0.240. The summed E-state index contributed by atoms with van der Waals surface area (Å²) < 4.78 is 8.34. The van der Waals surface area contributed by atoms with Crippen LogP contribution in [0, 0.1) is 0 Å². The van der Waals surface area contributed by atoms with E-state index < -0.39 is 0 Å². The number of morpholine rings is 1. The van der Waals surface area contributed by atoms with Gasteiger partial charge in [0.05, 0.1) is 19.8 Å². The molecule has 2 aromatic heterocycles. The SMILES string of the molecule is O=C(Nc1cccc(Cn2nc3ccccn3c2=O)c1)c1cccc(CN2CCOCC2)c1. The van der Waals surface area contributed by atoms with Gasteiger partial charge in [0.25, 0.3) is 5.91 Å². The van der Waals surface area contributed by atoms with E-state index in [9.17, 15) is 9.59 Å². The van der Waals surface area contributed by atoms with Gasteiger partial charge in [-0.2, -0.15) is 0 Å². The number of nitrogens with one attached hydrogen (secondary N) is 1. The Balaban J connectivity index is 1.28. The number of pyridine rings is 1. The van der Waals surface area contributed by atoms with E-state index in [0.29, 0.717) is 23.4 Å². The van der Waals surface area contributed by atoms with E-state index in [0.717, 1.165) is 44.0 Å². The molecule has 33 heavy (non-hydrogen) atoms. The fourth-order valence-corrected chi connectivity index (χ4v) is 4.02. The first-order valence-corrected chi connectivity index (χ1v) is 11.0. The van der Waals surface area contributed by atoms with Gasteiger partial charge in [-0.3, -0.25) is 14.1 Å². The van der Waals surface area contributed by atoms with Crippen LogP contribution in [0.25, 0.3) is 5.65 Å².